The molecule has 0 amide bonds. The number of para-hydroxylation sites is 1. The van der Waals surface area contributed by atoms with E-state index >= 15 is 0 Å². The Morgan fingerprint density at radius 2 is 2.20 bits per heavy atom. The summed E-state index contributed by atoms with van der Waals surface area (Å²) in [5.41, 5.74) is 1.19. The second kappa shape index (κ2) is 5.08. The van der Waals surface area contributed by atoms with E-state index in [9.17, 15) is 0 Å². The summed E-state index contributed by atoms with van der Waals surface area (Å²) >= 11 is 1.80. The second-order valence-corrected chi connectivity index (χ2v) is 4.45. The smallest absolute Gasteiger partial charge is 0.0521 e. The van der Waals surface area contributed by atoms with Crippen molar-refractivity contribution in [2.45, 2.75) is 17.7 Å². The van der Waals surface area contributed by atoms with Crippen LogP contribution in [0, 0.1) is 6.92 Å². The van der Waals surface area contributed by atoms with Gasteiger partial charge >= 0.3 is 0 Å². The molecule has 1 radical (unpaired) electrons. The van der Waals surface area contributed by atoms with Crippen LogP contribution in [0.2, 0.25) is 0 Å². The molecule has 1 N–H and O–H groups in total. The number of nitrogens with one attached hydrogen (secondary N) is 1. The van der Waals surface area contributed by atoms with Crippen molar-refractivity contribution in [3.8, 4) is 0 Å². The van der Waals surface area contributed by atoms with Gasteiger partial charge in [0.15, 0.2) is 0 Å². The first-order valence-corrected chi connectivity index (χ1v) is 5.91. The number of thioether (sulfide) groups is 1. The third-order valence-electron chi connectivity index (χ3n) is 2.14. The molecule has 2 rings (SSSR count). The van der Waals surface area contributed by atoms with Gasteiger partial charge in [0, 0.05) is 16.0 Å². The molecule has 2 heteroatoms. The van der Waals surface area contributed by atoms with Crippen LogP contribution in [-0.2, 0) is 0 Å². The van der Waals surface area contributed by atoms with Crippen LogP contribution in [0.15, 0.2) is 52.4 Å². The van der Waals surface area contributed by atoms with E-state index < -0.39 is 0 Å². The minimum atomic E-state index is 0.957. The lowest BCUT2D eigenvalue weighted by Gasteiger charge is -2.15. The molecule has 0 saturated carbocycles. The van der Waals surface area contributed by atoms with Gasteiger partial charge in [0.25, 0.3) is 0 Å². The third-order valence-corrected chi connectivity index (χ3v) is 3.20. The predicted molar refractivity (Wildman–Crippen MR) is 67.7 cm³/mol. The van der Waals surface area contributed by atoms with Gasteiger partial charge in [-0.05, 0) is 25.0 Å². The SMILES string of the molecule is [CH2]CC/C=C/C1=CNc2ccccc2S1. The molecular weight excluding hydrogens is 202 g/mol. The zero-order chi connectivity index (χ0) is 10.5. The molecule has 1 aliphatic rings. The Hall–Kier alpha value is -1.15. The highest BCUT2D eigenvalue weighted by Crippen LogP contribution is 2.36. The molecule has 0 aliphatic carbocycles. The van der Waals surface area contributed by atoms with Gasteiger partial charge in [-0.15, -0.1) is 0 Å². The summed E-state index contributed by atoms with van der Waals surface area (Å²) in [6.45, 7) is 3.81. The van der Waals surface area contributed by atoms with Gasteiger partial charge in [0.05, 0.1) is 5.69 Å². The minimum Gasteiger partial charge on any atom is -0.360 e. The fourth-order valence-electron chi connectivity index (χ4n) is 1.38. The molecule has 0 aromatic heterocycles. The molecule has 0 bridgehead atoms. The molecule has 0 spiro atoms. The number of anilines is 1. The maximum Gasteiger partial charge on any atom is 0.0521 e. The van der Waals surface area contributed by atoms with E-state index in [0.29, 0.717) is 0 Å². The van der Waals surface area contributed by atoms with Crippen LogP contribution < -0.4 is 5.32 Å². The number of allylic oxidation sites excluding steroid dienone is 2. The summed E-state index contributed by atoms with van der Waals surface area (Å²) in [5, 5.41) is 3.29. The van der Waals surface area contributed by atoms with Crippen molar-refractivity contribution in [3.05, 3.63) is 54.4 Å². The first-order valence-electron chi connectivity index (χ1n) is 5.09. The zero-order valence-electron chi connectivity index (χ0n) is 8.57. The van der Waals surface area contributed by atoms with Crippen LogP contribution >= 0.6 is 11.8 Å². The summed E-state index contributed by atoms with van der Waals surface area (Å²) in [5.74, 6) is 0. The van der Waals surface area contributed by atoms with E-state index in [1.807, 2.05) is 12.3 Å². The normalized spacial score (nSPS) is 14.6. The van der Waals surface area contributed by atoms with Gasteiger partial charge < -0.3 is 5.32 Å². The maximum absolute atomic E-state index is 3.81. The Kier molecular flexibility index (Phi) is 3.51. The molecule has 0 saturated heterocycles. The molecule has 77 valence electrons. The quantitative estimate of drug-likeness (QED) is 0.812. The molecule has 1 aromatic rings. The van der Waals surface area contributed by atoms with E-state index in [1.54, 1.807) is 11.8 Å². The van der Waals surface area contributed by atoms with Crippen LogP contribution in [0.3, 0.4) is 0 Å². The maximum atomic E-state index is 3.81. The molecule has 0 fully saturated rings. The number of hydrogen-bond donors (Lipinski definition) is 1. The van der Waals surface area contributed by atoms with Crippen molar-refractivity contribution in [2.24, 2.45) is 0 Å². The molecule has 1 aromatic carbocycles. The predicted octanol–water partition coefficient (Wildman–Crippen LogP) is 4.22. The number of fused-ring (bicyclic) bond motifs is 1. The molecule has 0 atom stereocenters. The first kappa shape index (κ1) is 10.4. The lowest BCUT2D eigenvalue weighted by atomic mass is 10.3. The summed E-state index contributed by atoms with van der Waals surface area (Å²) in [6.07, 6.45) is 8.37. The fraction of sp³-hybridized carbons (Fsp3) is 0.154. The van der Waals surface area contributed by atoms with Gasteiger partial charge in [-0.3, -0.25) is 0 Å². The minimum absolute atomic E-state index is 0.957. The molecule has 1 heterocycles. The average molecular weight is 216 g/mol. The fourth-order valence-corrected chi connectivity index (χ4v) is 2.30. The lowest BCUT2D eigenvalue weighted by molar-refractivity contribution is 1.05. The highest BCUT2D eigenvalue weighted by Gasteiger charge is 2.07. The third kappa shape index (κ3) is 2.66. The molecule has 15 heavy (non-hydrogen) atoms. The van der Waals surface area contributed by atoms with Crippen LogP contribution in [0.5, 0.6) is 0 Å². The Morgan fingerprint density at radius 3 is 3.07 bits per heavy atom. The van der Waals surface area contributed by atoms with Crippen LogP contribution in [0.1, 0.15) is 12.8 Å². The number of benzene rings is 1. The first-order chi connectivity index (χ1) is 7.40. The molecular formula is C13H14NS. The average Bonchev–Trinajstić information content (AvgIpc) is 2.29. The van der Waals surface area contributed by atoms with Crippen LogP contribution in [-0.4, -0.2) is 0 Å². The summed E-state index contributed by atoms with van der Waals surface area (Å²) in [6, 6.07) is 8.34. The lowest BCUT2D eigenvalue weighted by Crippen LogP contribution is -1.96. The van der Waals surface area contributed by atoms with Crippen molar-refractivity contribution in [1.82, 2.24) is 0 Å². The zero-order valence-corrected chi connectivity index (χ0v) is 9.39. The summed E-state index contributed by atoms with van der Waals surface area (Å²) < 4.78 is 0. The van der Waals surface area contributed by atoms with Crippen molar-refractivity contribution in [2.75, 3.05) is 5.32 Å². The Bertz CT molecular complexity index is 393. The highest BCUT2D eigenvalue weighted by molar-refractivity contribution is 8.03. The topological polar surface area (TPSA) is 12.0 Å². The van der Waals surface area contributed by atoms with Gasteiger partial charge in [0.2, 0.25) is 0 Å². The van der Waals surface area contributed by atoms with Gasteiger partial charge in [0.1, 0.15) is 0 Å². The van der Waals surface area contributed by atoms with E-state index in [4.69, 9.17) is 0 Å². The highest BCUT2D eigenvalue weighted by atomic mass is 32.2. The van der Waals surface area contributed by atoms with Crippen LogP contribution in [0.25, 0.3) is 0 Å². The van der Waals surface area contributed by atoms with E-state index in [2.05, 4.69) is 42.6 Å². The van der Waals surface area contributed by atoms with Crippen molar-refractivity contribution >= 4 is 17.4 Å². The number of unbranched alkanes of at least 4 members (excludes halogenated alkanes) is 1. The Labute approximate surface area is 95.3 Å². The largest absolute Gasteiger partial charge is 0.360 e. The van der Waals surface area contributed by atoms with Crippen molar-refractivity contribution in [1.29, 1.82) is 0 Å². The monoisotopic (exact) mass is 216 g/mol. The molecule has 0 unspecified atom stereocenters. The van der Waals surface area contributed by atoms with Crippen LogP contribution in [0.4, 0.5) is 5.69 Å². The van der Waals surface area contributed by atoms with Gasteiger partial charge in [-0.2, -0.15) is 0 Å². The van der Waals surface area contributed by atoms with Crippen molar-refractivity contribution < 1.29 is 0 Å². The van der Waals surface area contributed by atoms with E-state index in [1.165, 1.54) is 15.5 Å². The summed E-state index contributed by atoms with van der Waals surface area (Å²) in [4.78, 5) is 2.54. The second-order valence-electron chi connectivity index (χ2n) is 3.33. The number of hydrogen-bond acceptors (Lipinski definition) is 2. The molecule has 1 nitrogen and oxygen atoms in total. The van der Waals surface area contributed by atoms with Crippen molar-refractivity contribution in [3.63, 3.8) is 0 Å². The van der Waals surface area contributed by atoms with E-state index in [0.717, 1.165) is 12.8 Å². The van der Waals surface area contributed by atoms with Gasteiger partial charge in [-0.1, -0.05) is 43.0 Å². The standard InChI is InChI=1S/C13H14NS/c1-2-3-4-7-11-10-14-12-8-5-6-9-13(12)15-11/h4-10,14H,1-3H2/b7-4+. The Morgan fingerprint density at radius 1 is 1.33 bits per heavy atom. The molecule has 1 aliphatic heterocycles. The number of rotatable bonds is 3. The van der Waals surface area contributed by atoms with Gasteiger partial charge in [-0.25, -0.2) is 0 Å². The Balaban J connectivity index is 2.06. The summed E-state index contributed by atoms with van der Waals surface area (Å²) in [7, 11) is 0. The van der Waals surface area contributed by atoms with E-state index in [-0.39, 0.29) is 0 Å².